The molecule has 78 valence electrons. The number of nitrogens with one attached hydrogen (secondary N) is 1. The fourth-order valence-electron chi connectivity index (χ4n) is 2.09. The van der Waals surface area contributed by atoms with Crippen LogP contribution >= 0.6 is 0 Å². The Morgan fingerprint density at radius 1 is 1.57 bits per heavy atom. The number of hydrogen-bond acceptors (Lipinski definition) is 3. The van der Waals surface area contributed by atoms with Gasteiger partial charge in [-0.15, -0.1) is 0 Å². The van der Waals surface area contributed by atoms with Gasteiger partial charge in [0.2, 0.25) is 0 Å². The highest BCUT2D eigenvalue weighted by atomic mass is 15.4. The first-order valence-corrected chi connectivity index (χ1v) is 5.35. The molecule has 2 heterocycles. The Labute approximate surface area is 84.5 Å². The summed E-state index contributed by atoms with van der Waals surface area (Å²) in [7, 11) is 0. The largest absolute Gasteiger partial charge is 0.394 e. The molecule has 3 N–H and O–H groups in total. The van der Waals surface area contributed by atoms with E-state index in [2.05, 4.69) is 24.3 Å². The van der Waals surface area contributed by atoms with Gasteiger partial charge < -0.3 is 11.1 Å². The molecule has 1 aliphatic heterocycles. The van der Waals surface area contributed by atoms with E-state index in [4.69, 9.17) is 5.73 Å². The van der Waals surface area contributed by atoms with Crippen LogP contribution in [0.5, 0.6) is 0 Å². The third-order valence-corrected chi connectivity index (χ3v) is 3.03. The Morgan fingerprint density at radius 2 is 2.36 bits per heavy atom. The second kappa shape index (κ2) is 3.52. The summed E-state index contributed by atoms with van der Waals surface area (Å²) in [4.78, 5) is 0. The maximum Gasteiger partial charge on any atom is 0.148 e. The Hall–Kier alpha value is -1.19. The molecule has 0 aromatic carbocycles. The van der Waals surface area contributed by atoms with Gasteiger partial charge in [0.15, 0.2) is 0 Å². The van der Waals surface area contributed by atoms with Gasteiger partial charge in [-0.05, 0) is 19.3 Å². The van der Waals surface area contributed by atoms with Crippen LogP contribution in [-0.4, -0.2) is 15.8 Å². The van der Waals surface area contributed by atoms with Gasteiger partial charge in [-0.25, -0.2) is 4.68 Å². The molecule has 1 aromatic heterocycles. The monoisotopic (exact) mass is 194 g/mol. The summed E-state index contributed by atoms with van der Waals surface area (Å²) in [5, 5.41) is 7.74. The molecule has 0 amide bonds. The third kappa shape index (κ3) is 1.35. The number of aromatic nitrogens is 2. The molecular formula is C10H18N4. The van der Waals surface area contributed by atoms with Crippen molar-refractivity contribution in [2.75, 3.05) is 11.1 Å². The van der Waals surface area contributed by atoms with E-state index in [0.717, 1.165) is 30.8 Å². The topological polar surface area (TPSA) is 55.9 Å². The maximum atomic E-state index is 5.85. The molecule has 0 fully saturated rings. The first kappa shape index (κ1) is 9.37. The zero-order chi connectivity index (χ0) is 10.1. The van der Waals surface area contributed by atoms with Crippen molar-refractivity contribution >= 4 is 11.5 Å². The summed E-state index contributed by atoms with van der Waals surface area (Å²) in [5.41, 5.74) is 6.61. The van der Waals surface area contributed by atoms with Gasteiger partial charge in [-0.1, -0.05) is 13.8 Å². The molecule has 2 unspecified atom stereocenters. The first-order valence-electron chi connectivity index (χ1n) is 5.35. The van der Waals surface area contributed by atoms with Crippen LogP contribution in [0.3, 0.4) is 0 Å². The van der Waals surface area contributed by atoms with E-state index in [-0.39, 0.29) is 0 Å². The number of anilines is 2. The van der Waals surface area contributed by atoms with E-state index >= 15 is 0 Å². The molecule has 0 saturated heterocycles. The number of nitrogens with zero attached hydrogens (tertiary/aromatic N) is 2. The molecule has 1 aromatic rings. The molecule has 4 nitrogen and oxygen atoms in total. The summed E-state index contributed by atoms with van der Waals surface area (Å²) >= 11 is 0. The minimum absolute atomic E-state index is 0.508. The normalized spacial score (nSPS) is 25.6. The smallest absolute Gasteiger partial charge is 0.148 e. The predicted molar refractivity (Wildman–Crippen MR) is 58.3 cm³/mol. The first-order chi connectivity index (χ1) is 6.76. The van der Waals surface area contributed by atoms with E-state index in [9.17, 15) is 0 Å². The molecule has 0 aliphatic carbocycles. The van der Waals surface area contributed by atoms with Crippen molar-refractivity contribution in [1.82, 2.24) is 9.78 Å². The second-order valence-electron chi connectivity index (χ2n) is 3.94. The second-order valence-corrected chi connectivity index (χ2v) is 3.94. The average molecular weight is 194 g/mol. The van der Waals surface area contributed by atoms with Crippen molar-refractivity contribution in [2.24, 2.45) is 0 Å². The fraction of sp³-hybridized carbons (Fsp3) is 0.700. The highest BCUT2D eigenvalue weighted by molar-refractivity contribution is 5.62. The highest BCUT2D eigenvalue weighted by Gasteiger charge is 2.26. The summed E-state index contributed by atoms with van der Waals surface area (Å²) < 4.78 is 2.03. The number of nitrogens with two attached hydrogens (primary N) is 1. The summed E-state index contributed by atoms with van der Waals surface area (Å²) in [6.45, 7) is 4.40. The van der Waals surface area contributed by atoms with Crippen LogP contribution in [0.2, 0.25) is 0 Å². The van der Waals surface area contributed by atoms with Crippen molar-refractivity contribution in [1.29, 1.82) is 0 Å². The van der Waals surface area contributed by atoms with E-state index < -0.39 is 0 Å². The van der Waals surface area contributed by atoms with Crippen molar-refractivity contribution in [3.63, 3.8) is 0 Å². The van der Waals surface area contributed by atoms with Gasteiger partial charge in [0.25, 0.3) is 0 Å². The summed E-state index contributed by atoms with van der Waals surface area (Å²) in [6, 6.07) is 1.06. The summed E-state index contributed by atoms with van der Waals surface area (Å²) in [6.07, 6.45) is 5.15. The lowest BCUT2D eigenvalue weighted by Crippen LogP contribution is -2.31. The van der Waals surface area contributed by atoms with Crippen LogP contribution in [0, 0.1) is 0 Å². The van der Waals surface area contributed by atoms with Gasteiger partial charge >= 0.3 is 0 Å². The molecule has 2 atom stereocenters. The number of nitrogen functional groups attached to an aromatic ring is 1. The van der Waals surface area contributed by atoms with E-state index in [1.54, 1.807) is 6.20 Å². The van der Waals surface area contributed by atoms with Crippen molar-refractivity contribution in [3.8, 4) is 0 Å². The lowest BCUT2D eigenvalue weighted by molar-refractivity contribution is 0.363. The Morgan fingerprint density at radius 3 is 3.00 bits per heavy atom. The zero-order valence-electron chi connectivity index (χ0n) is 8.83. The quantitative estimate of drug-likeness (QED) is 0.757. The Kier molecular flexibility index (Phi) is 2.35. The third-order valence-electron chi connectivity index (χ3n) is 3.03. The molecular weight excluding hydrogens is 176 g/mol. The minimum atomic E-state index is 0.508. The lowest BCUT2D eigenvalue weighted by atomic mass is 10.0. The Bertz CT molecular complexity index is 318. The number of hydrogen-bond donors (Lipinski definition) is 2. The standard InChI is InChI=1S/C10H18N4/c1-3-7-5-8(4-2)14-10(13-7)9(11)6-12-14/h6-8,13H,3-5,11H2,1-2H3. The average Bonchev–Trinajstić information content (AvgIpc) is 2.59. The van der Waals surface area contributed by atoms with Crippen molar-refractivity contribution in [2.45, 2.75) is 45.2 Å². The van der Waals surface area contributed by atoms with Crippen molar-refractivity contribution < 1.29 is 0 Å². The van der Waals surface area contributed by atoms with Crippen LogP contribution < -0.4 is 11.1 Å². The van der Waals surface area contributed by atoms with Crippen molar-refractivity contribution in [3.05, 3.63) is 6.20 Å². The Balaban J connectivity index is 2.32. The van der Waals surface area contributed by atoms with Gasteiger partial charge in [0, 0.05) is 6.04 Å². The molecule has 2 rings (SSSR count). The van der Waals surface area contributed by atoms with Crippen LogP contribution in [0.4, 0.5) is 11.5 Å². The van der Waals surface area contributed by atoms with Crippen LogP contribution in [-0.2, 0) is 0 Å². The molecule has 0 spiro atoms. The van der Waals surface area contributed by atoms with Crippen LogP contribution in [0.1, 0.15) is 39.2 Å². The molecule has 0 radical (unpaired) electrons. The van der Waals surface area contributed by atoms with Gasteiger partial charge in [0.05, 0.1) is 17.9 Å². The predicted octanol–water partition coefficient (Wildman–Crippen LogP) is 2.01. The zero-order valence-corrected chi connectivity index (χ0v) is 8.83. The minimum Gasteiger partial charge on any atom is -0.394 e. The molecule has 14 heavy (non-hydrogen) atoms. The van der Waals surface area contributed by atoms with Gasteiger partial charge in [0.1, 0.15) is 5.82 Å². The number of fused-ring (bicyclic) bond motifs is 1. The van der Waals surface area contributed by atoms with Gasteiger partial charge in [-0.3, -0.25) is 0 Å². The molecule has 1 aliphatic rings. The fourth-order valence-corrected chi connectivity index (χ4v) is 2.09. The number of rotatable bonds is 2. The van der Waals surface area contributed by atoms with Gasteiger partial charge in [-0.2, -0.15) is 5.10 Å². The SMILES string of the molecule is CCC1CC(CC)n2ncc(N)c2N1. The molecule has 4 heteroatoms. The van der Waals surface area contributed by atoms with E-state index in [1.165, 1.54) is 0 Å². The van der Waals surface area contributed by atoms with Crippen LogP contribution in [0.15, 0.2) is 6.20 Å². The lowest BCUT2D eigenvalue weighted by Gasteiger charge is -2.31. The van der Waals surface area contributed by atoms with E-state index in [0.29, 0.717) is 12.1 Å². The van der Waals surface area contributed by atoms with Crippen LogP contribution in [0.25, 0.3) is 0 Å². The highest BCUT2D eigenvalue weighted by Crippen LogP contribution is 2.33. The summed E-state index contributed by atoms with van der Waals surface area (Å²) in [5.74, 6) is 1.01. The molecule has 0 saturated carbocycles. The maximum absolute atomic E-state index is 5.85. The molecule has 0 bridgehead atoms. The van der Waals surface area contributed by atoms with E-state index in [1.807, 2.05) is 4.68 Å².